The zero-order valence-corrected chi connectivity index (χ0v) is 11.5. The van der Waals surface area contributed by atoms with Gasteiger partial charge in [0.2, 0.25) is 0 Å². The molecule has 0 saturated heterocycles. The van der Waals surface area contributed by atoms with Gasteiger partial charge in [-0.1, -0.05) is 36.4 Å². The Kier molecular flexibility index (Phi) is 4.50. The van der Waals surface area contributed by atoms with Crippen LogP contribution in [0, 0.1) is 6.92 Å². The molecule has 0 spiro atoms. The maximum absolute atomic E-state index is 12.0. The number of aryl methyl sites for hydroxylation is 1. The predicted molar refractivity (Wildman–Crippen MR) is 79.2 cm³/mol. The number of carbonyl (C=O) groups is 1. The third-order valence-corrected chi connectivity index (χ3v) is 2.78. The van der Waals surface area contributed by atoms with Gasteiger partial charge >= 0.3 is 0 Å². The van der Waals surface area contributed by atoms with Crippen LogP contribution in [0.4, 0.5) is 0 Å². The summed E-state index contributed by atoms with van der Waals surface area (Å²) in [7, 11) is 1.54. The molecule has 0 aliphatic rings. The van der Waals surface area contributed by atoms with E-state index in [9.17, 15) is 4.79 Å². The van der Waals surface area contributed by atoms with Crippen LogP contribution in [-0.2, 0) is 0 Å². The molecule has 2 aromatic carbocycles. The first-order chi connectivity index (χ1) is 9.70. The van der Waals surface area contributed by atoms with Crippen LogP contribution >= 0.6 is 0 Å². The van der Waals surface area contributed by atoms with Crippen molar-refractivity contribution < 1.29 is 9.53 Å². The molecule has 0 saturated carbocycles. The number of nitrogens with zero attached hydrogens (tertiary/aromatic N) is 1. The number of methoxy groups -OCH3 is 1. The van der Waals surface area contributed by atoms with E-state index in [2.05, 4.69) is 10.5 Å². The van der Waals surface area contributed by atoms with Crippen LogP contribution in [0.5, 0.6) is 5.75 Å². The van der Waals surface area contributed by atoms with Crippen molar-refractivity contribution in [1.29, 1.82) is 0 Å². The highest BCUT2D eigenvalue weighted by atomic mass is 16.5. The zero-order chi connectivity index (χ0) is 14.4. The van der Waals surface area contributed by atoms with Gasteiger partial charge in [-0.15, -0.1) is 0 Å². The molecule has 102 valence electrons. The molecule has 0 atom stereocenters. The van der Waals surface area contributed by atoms with Gasteiger partial charge in [0.25, 0.3) is 5.91 Å². The summed E-state index contributed by atoms with van der Waals surface area (Å²) in [4.78, 5) is 12.0. The number of rotatable bonds is 4. The summed E-state index contributed by atoms with van der Waals surface area (Å²) in [6, 6.07) is 14.9. The van der Waals surface area contributed by atoms with Crippen LogP contribution in [0.1, 0.15) is 21.5 Å². The van der Waals surface area contributed by atoms with E-state index < -0.39 is 0 Å². The Morgan fingerprint density at radius 2 is 1.95 bits per heavy atom. The standard InChI is InChI=1S/C16H16N2O2/c1-12-8-9-14(15(10-12)20-2)16(19)18-17-11-13-6-4-3-5-7-13/h3-11H,1-2H3,(H,18,19)/b17-11-. The Morgan fingerprint density at radius 3 is 2.65 bits per heavy atom. The Balaban J connectivity index is 2.07. The summed E-state index contributed by atoms with van der Waals surface area (Å²) in [5, 5.41) is 3.94. The fourth-order valence-corrected chi connectivity index (χ4v) is 1.75. The molecule has 4 heteroatoms. The minimum Gasteiger partial charge on any atom is -0.496 e. The van der Waals surface area contributed by atoms with E-state index in [-0.39, 0.29) is 5.91 Å². The van der Waals surface area contributed by atoms with Crippen molar-refractivity contribution in [3.8, 4) is 5.75 Å². The van der Waals surface area contributed by atoms with Crippen molar-refractivity contribution in [3.63, 3.8) is 0 Å². The van der Waals surface area contributed by atoms with Crippen molar-refractivity contribution in [2.75, 3.05) is 7.11 Å². The molecule has 1 N–H and O–H groups in total. The molecule has 0 heterocycles. The number of hydrogen-bond donors (Lipinski definition) is 1. The molecule has 4 nitrogen and oxygen atoms in total. The van der Waals surface area contributed by atoms with E-state index in [1.807, 2.05) is 49.4 Å². The summed E-state index contributed by atoms with van der Waals surface area (Å²) in [6.07, 6.45) is 1.60. The van der Waals surface area contributed by atoms with Gasteiger partial charge in [0.15, 0.2) is 0 Å². The topological polar surface area (TPSA) is 50.7 Å². The van der Waals surface area contributed by atoms with Crippen LogP contribution in [0.3, 0.4) is 0 Å². The number of nitrogens with one attached hydrogen (secondary N) is 1. The van der Waals surface area contributed by atoms with Crippen LogP contribution < -0.4 is 10.2 Å². The molecule has 0 unspecified atom stereocenters. The number of amides is 1. The molecule has 2 aromatic rings. The van der Waals surface area contributed by atoms with Crippen LogP contribution in [0.25, 0.3) is 0 Å². The second-order valence-corrected chi connectivity index (χ2v) is 4.31. The average Bonchev–Trinajstić information content (AvgIpc) is 2.48. The van der Waals surface area contributed by atoms with Crippen LogP contribution in [0.15, 0.2) is 53.6 Å². The van der Waals surface area contributed by atoms with E-state index in [0.717, 1.165) is 11.1 Å². The quantitative estimate of drug-likeness (QED) is 0.684. The number of hydrogen-bond acceptors (Lipinski definition) is 3. The van der Waals surface area contributed by atoms with E-state index in [1.54, 1.807) is 19.4 Å². The third-order valence-electron chi connectivity index (χ3n) is 2.78. The molecular formula is C16H16N2O2. The fourth-order valence-electron chi connectivity index (χ4n) is 1.75. The van der Waals surface area contributed by atoms with Gasteiger partial charge in [0, 0.05) is 0 Å². The van der Waals surface area contributed by atoms with Gasteiger partial charge in [-0.3, -0.25) is 4.79 Å². The van der Waals surface area contributed by atoms with Crippen LogP contribution in [0.2, 0.25) is 0 Å². The average molecular weight is 268 g/mol. The first-order valence-corrected chi connectivity index (χ1v) is 6.24. The zero-order valence-electron chi connectivity index (χ0n) is 11.5. The SMILES string of the molecule is COc1cc(C)ccc1C(=O)N/N=C\c1ccccc1. The van der Waals surface area contributed by atoms with Gasteiger partial charge in [-0.05, 0) is 30.2 Å². The summed E-state index contributed by atoms with van der Waals surface area (Å²) < 4.78 is 5.20. The number of hydrazone groups is 1. The number of ether oxygens (including phenoxy) is 1. The smallest absolute Gasteiger partial charge is 0.275 e. The van der Waals surface area contributed by atoms with Gasteiger partial charge in [-0.2, -0.15) is 5.10 Å². The first kappa shape index (κ1) is 13.8. The molecule has 0 bridgehead atoms. The second kappa shape index (κ2) is 6.52. The lowest BCUT2D eigenvalue weighted by molar-refractivity contribution is 0.0952. The van der Waals surface area contributed by atoms with E-state index in [1.165, 1.54) is 0 Å². The van der Waals surface area contributed by atoms with Crippen molar-refractivity contribution >= 4 is 12.1 Å². The monoisotopic (exact) mass is 268 g/mol. The van der Waals surface area contributed by atoms with Crippen molar-refractivity contribution in [3.05, 3.63) is 65.2 Å². The van der Waals surface area contributed by atoms with Gasteiger partial charge in [0.05, 0.1) is 18.9 Å². The highest BCUT2D eigenvalue weighted by Gasteiger charge is 2.11. The molecule has 20 heavy (non-hydrogen) atoms. The molecule has 0 fully saturated rings. The summed E-state index contributed by atoms with van der Waals surface area (Å²) >= 11 is 0. The van der Waals surface area contributed by atoms with Gasteiger partial charge in [-0.25, -0.2) is 5.43 Å². The second-order valence-electron chi connectivity index (χ2n) is 4.31. The third kappa shape index (κ3) is 3.45. The normalized spacial score (nSPS) is 10.5. The molecule has 0 radical (unpaired) electrons. The Bertz CT molecular complexity index is 622. The van der Waals surface area contributed by atoms with Gasteiger partial charge in [0.1, 0.15) is 5.75 Å². The molecule has 0 aliphatic heterocycles. The maximum atomic E-state index is 12.0. The lowest BCUT2D eigenvalue weighted by atomic mass is 10.1. The predicted octanol–water partition coefficient (Wildman–Crippen LogP) is 2.77. The summed E-state index contributed by atoms with van der Waals surface area (Å²) in [6.45, 7) is 1.94. The fraction of sp³-hybridized carbons (Fsp3) is 0.125. The summed E-state index contributed by atoms with van der Waals surface area (Å²) in [5.41, 5.74) is 4.91. The lowest BCUT2D eigenvalue weighted by Gasteiger charge is -2.07. The molecular weight excluding hydrogens is 252 g/mol. The molecule has 0 aromatic heterocycles. The highest BCUT2D eigenvalue weighted by molar-refractivity contribution is 5.97. The Hall–Kier alpha value is -2.62. The molecule has 1 amide bonds. The van der Waals surface area contributed by atoms with Crippen molar-refractivity contribution in [1.82, 2.24) is 5.43 Å². The molecule has 0 aliphatic carbocycles. The Labute approximate surface area is 118 Å². The maximum Gasteiger partial charge on any atom is 0.275 e. The van der Waals surface area contributed by atoms with Crippen LogP contribution in [-0.4, -0.2) is 19.2 Å². The highest BCUT2D eigenvalue weighted by Crippen LogP contribution is 2.19. The first-order valence-electron chi connectivity index (χ1n) is 6.24. The van der Waals surface area contributed by atoms with Gasteiger partial charge < -0.3 is 4.74 Å². The minimum absolute atomic E-state index is 0.297. The lowest BCUT2D eigenvalue weighted by Crippen LogP contribution is -2.18. The minimum atomic E-state index is -0.297. The van der Waals surface area contributed by atoms with Crippen molar-refractivity contribution in [2.24, 2.45) is 5.10 Å². The van der Waals surface area contributed by atoms with E-state index in [4.69, 9.17) is 4.74 Å². The number of benzene rings is 2. The largest absolute Gasteiger partial charge is 0.496 e. The van der Waals surface area contributed by atoms with E-state index in [0.29, 0.717) is 11.3 Å². The van der Waals surface area contributed by atoms with E-state index >= 15 is 0 Å². The Morgan fingerprint density at radius 1 is 1.20 bits per heavy atom. The number of carbonyl (C=O) groups excluding carboxylic acids is 1. The van der Waals surface area contributed by atoms with Crippen molar-refractivity contribution in [2.45, 2.75) is 6.92 Å². The summed E-state index contributed by atoms with van der Waals surface area (Å²) in [5.74, 6) is 0.242. The molecule has 2 rings (SSSR count).